The maximum absolute atomic E-state index is 4.70. The highest BCUT2D eigenvalue weighted by Gasteiger charge is 2.19. The molecule has 0 saturated carbocycles. The van der Waals surface area contributed by atoms with Gasteiger partial charge in [-0.1, -0.05) is 13.3 Å². The van der Waals surface area contributed by atoms with Gasteiger partial charge in [-0.25, -0.2) is 14.5 Å². The van der Waals surface area contributed by atoms with Gasteiger partial charge in [0.25, 0.3) is 0 Å². The molecule has 110 valence electrons. The minimum atomic E-state index is 0.648. The van der Waals surface area contributed by atoms with Gasteiger partial charge in [0.2, 0.25) is 0 Å². The minimum absolute atomic E-state index is 0.648. The smallest absolute Gasteiger partial charge is 0.188 e. The van der Waals surface area contributed by atoms with E-state index in [2.05, 4.69) is 32.2 Å². The van der Waals surface area contributed by atoms with E-state index in [9.17, 15) is 0 Å². The number of aryl methyl sites for hydroxylation is 1. The number of fused-ring (bicyclic) bond motifs is 3. The van der Waals surface area contributed by atoms with Crippen LogP contribution in [0.4, 0.5) is 0 Å². The number of H-pyrrole nitrogens is 1. The summed E-state index contributed by atoms with van der Waals surface area (Å²) in [6, 6.07) is 3.87. The predicted molar refractivity (Wildman–Crippen MR) is 81.4 cm³/mol. The molecule has 0 saturated heterocycles. The molecule has 2 aromatic heterocycles. The van der Waals surface area contributed by atoms with Crippen molar-refractivity contribution in [1.82, 2.24) is 34.8 Å². The van der Waals surface area contributed by atoms with Crippen molar-refractivity contribution in [3.05, 3.63) is 36.5 Å². The third-order valence-corrected chi connectivity index (χ3v) is 3.65. The van der Waals surface area contributed by atoms with Gasteiger partial charge in [0.1, 0.15) is 5.82 Å². The lowest BCUT2D eigenvalue weighted by Crippen LogP contribution is -2.05. The van der Waals surface area contributed by atoms with Gasteiger partial charge in [-0.05, 0) is 18.6 Å². The summed E-state index contributed by atoms with van der Waals surface area (Å²) in [6.07, 6.45) is 8.28. The minimum Gasteiger partial charge on any atom is -0.274 e. The topological polar surface area (TPSA) is 84.7 Å². The first-order chi connectivity index (χ1) is 10.9. The number of aromatic amines is 1. The highest BCUT2D eigenvalue weighted by Crippen LogP contribution is 2.25. The normalized spacial score (nSPS) is 11.5. The third-order valence-electron chi connectivity index (χ3n) is 3.65. The Labute approximate surface area is 126 Å². The van der Waals surface area contributed by atoms with Crippen molar-refractivity contribution in [2.45, 2.75) is 26.2 Å². The van der Waals surface area contributed by atoms with Crippen molar-refractivity contribution >= 4 is 5.65 Å². The average Bonchev–Trinajstić information content (AvgIpc) is 3.19. The van der Waals surface area contributed by atoms with Gasteiger partial charge in [-0.2, -0.15) is 5.10 Å². The van der Waals surface area contributed by atoms with Crippen LogP contribution in [0.1, 0.15) is 25.6 Å². The summed E-state index contributed by atoms with van der Waals surface area (Å²) in [5.74, 6) is 2.34. The van der Waals surface area contributed by atoms with Crippen LogP contribution in [0.15, 0.2) is 30.7 Å². The van der Waals surface area contributed by atoms with E-state index in [0.29, 0.717) is 5.82 Å². The highest BCUT2D eigenvalue weighted by molar-refractivity contribution is 5.74. The first-order valence-electron chi connectivity index (χ1n) is 7.36. The van der Waals surface area contributed by atoms with Gasteiger partial charge in [0.05, 0.1) is 11.8 Å². The molecule has 0 unspecified atom stereocenters. The quantitative estimate of drug-likeness (QED) is 0.624. The van der Waals surface area contributed by atoms with Gasteiger partial charge in [-0.3, -0.25) is 10.1 Å². The second-order valence-corrected chi connectivity index (χ2v) is 5.19. The van der Waals surface area contributed by atoms with Crippen molar-refractivity contribution in [2.24, 2.45) is 0 Å². The predicted octanol–water partition coefficient (Wildman–Crippen LogP) is 2.36. The number of rotatable bonds is 4. The van der Waals surface area contributed by atoms with E-state index in [-0.39, 0.29) is 0 Å². The molecule has 0 fully saturated rings. The van der Waals surface area contributed by atoms with Crippen molar-refractivity contribution < 1.29 is 0 Å². The van der Waals surface area contributed by atoms with E-state index in [1.165, 1.54) is 0 Å². The fourth-order valence-electron chi connectivity index (χ4n) is 2.51. The lowest BCUT2D eigenvalue weighted by molar-refractivity contribution is 0.713. The van der Waals surface area contributed by atoms with E-state index in [1.54, 1.807) is 18.6 Å². The summed E-state index contributed by atoms with van der Waals surface area (Å²) in [4.78, 5) is 13.5. The fraction of sp³-hybridized carbons (Fsp3) is 0.267. The Morgan fingerprint density at radius 3 is 3.00 bits per heavy atom. The maximum atomic E-state index is 4.70. The van der Waals surface area contributed by atoms with E-state index in [4.69, 9.17) is 4.98 Å². The molecular formula is C15H15N7. The van der Waals surface area contributed by atoms with Crippen LogP contribution in [0.2, 0.25) is 0 Å². The Hall–Kier alpha value is -2.83. The molecule has 0 aromatic carbocycles. The largest absolute Gasteiger partial charge is 0.274 e. The van der Waals surface area contributed by atoms with Crippen LogP contribution in [0.3, 0.4) is 0 Å². The molecule has 22 heavy (non-hydrogen) atoms. The van der Waals surface area contributed by atoms with Crippen LogP contribution in [0, 0.1) is 0 Å². The molecule has 0 bridgehead atoms. The zero-order chi connectivity index (χ0) is 14.9. The SMILES string of the molecule is CCCCc1nc2nncc-2c2nc(-c3cccnc3)[nH]n12. The van der Waals surface area contributed by atoms with Crippen LogP contribution in [-0.2, 0) is 6.42 Å². The summed E-state index contributed by atoms with van der Waals surface area (Å²) in [6.45, 7) is 2.16. The summed E-state index contributed by atoms with van der Waals surface area (Å²) in [5.41, 5.74) is 2.60. The number of nitrogens with zero attached hydrogens (tertiary/aromatic N) is 6. The van der Waals surface area contributed by atoms with Crippen LogP contribution < -0.4 is 0 Å². The van der Waals surface area contributed by atoms with E-state index in [0.717, 1.165) is 47.7 Å². The number of hydrogen-bond donors (Lipinski definition) is 1. The molecule has 4 heterocycles. The Morgan fingerprint density at radius 2 is 2.18 bits per heavy atom. The molecule has 4 rings (SSSR count). The molecule has 7 heteroatoms. The highest BCUT2D eigenvalue weighted by atomic mass is 15.3. The molecule has 0 amide bonds. The molecule has 0 radical (unpaired) electrons. The summed E-state index contributed by atoms with van der Waals surface area (Å²) >= 11 is 0. The molecule has 0 spiro atoms. The summed E-state index contributed by atoms with van der Waals surface area (Å²) in [7, 11) is 0. The molecule has 2 aliphatic heterocycles. The van der Waals surface area contributed by atoms with Gasteiger partial charge in [0.15, 0.2) is 17.3 Å². The summed E-state index contributed by atoms with van der Waals surface area (Å²) in [5, 5.41) is 11.4. The monoisotopic (exact) mass is 293 g/mol. The van der Waals surface area contributed by atoms with Crippen LogP contribution >= 0.6 is 0 Å². The maximum Gasteiger partial charge on any atom is 0.188 e. The number of unbranched alkanes of at least 4 members (excludes halogenated alkanes) is 1. The molecule has 7 nitrogen and oxygen atoms in total. The Balaban J connectivity index is 1.93. The third kappa shape index (κ3) is 2.02. The zero-order valence-electron chi connectivity index (χ0n) is 12.2. The van der Waals surface area contributed by atoms with Crippen molar-refractivity contribution in [3.8, 4) is 22.8 Å². The Morgan fingerprint density at radius 1 is 1.23 bits per heavy atom. The lowest BCUT2D eigenvalue weighted by Gasteiger charge is -2.05. The average molecular weight is 293 g/mol. The second kappa shape index (κ2) is 5.18. The molecule has 0 atom stereocenters. The van der Waals surface area contributed by atoms with Gasteiger partial charge >= 0.3 is 0 Å². The van der Waals surface area contributed by atoms with Crippen molar-refractivity contribution in [3.63, 3.8) is 0 Å². The first-order valence-corrected chi connectivity index (χ1v) is 7.36. The molecule has 1 N–H and O–H groups in total. The van der Waals surface area contributed by atoms with Crippen molar-refractivity contribution in [1.29, 1.82) is 0 Å². The molecule has 2 aliphatic rings. The van der Waals surface area contributed by atoms with E-state index >= 15 is 0 Å². The van der Waals surface area contributed by atoms with E-state index in [1.807, 2.05) is 16.6 Å². The number of nitrogens with one attached hydrogen (secondary N) is 1. The van der Waals surface area contributed by atoms with Crippen molar-refractivity contribution in [2.75, 3.05) is 0 Å². The standard InChI is InChI=1S/C15H15N7/c1-2-3-6-12-18-14-11(9-17-20-14)15-19-13(21-22(12)15)10-5-4-7-16-8-10/h4-5,7-9H,2-3,6H2,1H3,(H,19,21). The number of hydrogen-bond acceptors (Lipinski definition) is 5. The number of aromatic nitrogens is 7. The molecular weight excluding hydrogens is 278 g/mol. The lowest BCUT2D eigenvalue weighted by atomic mass is 10.2. The second-order valence-electron chi connectivity index (χ2n) is 5.19. The summed E-state index contributed by atoms with van der Waals surface area (Å²) < 4.78 is 1.93. The molecule has 2 aromatic rings. The van der Waals surface area contributed by atoms with Crippen LogP contribution in [0.25, 0.3) is 28.4 Å². The van der Waals surface area contributed by atoms with Gasteiger partial charge in [-0.15, -0.1) is 5.10 Å². The van der Waals surface area contributed by atoms with Crippen LogP contribution in [0.5, 0.6) is 0 Å². The van der Waals surface area contributed by atoms with Gasteiger partial charge < -0.3 is 0 Å². The fourth-order valence-corrected chi connectivity index (χ4v) is 2.51. The Kier molecular flexibility index (Phi) is 3.03. The van der Waals surface area contributed by atoms with Crippen LogP contribution in [-0.4, -0.2) is 34.8 Å². The molecule has 0 aliphatic carbocycles. The number of pyridine rings is 1. The van der Waals surface area contributed by atoms with Gasteiger partial charge in [0, 0.05) is 24.4 Å². The Bertz CT molecular complexity index is 878. The zero-order valence-corrected chi connectivity index (χ0v) is 12.2. The first kappa shape index (κ1) is 12.9. The van der Waals surface area contributed by atoms with E-state index < -0.39 is 0 Å².